The van der Waals surface area contributed by atoms with E-state index in [-0.39, 0.29) is 0 Å². The molecule has 0 unspecified atom stereocenters. The second-order valence-corrected chi connectivity index (χ2v) is 6.13. The summed E-state index contributed by atoms with van der Waals surface area (Å²) >= 11 is 0. The molecule has 0 saturated carbocycles. The fraction of sp³-hybridized carbons (Fsp3) is 0.353. The van der Waals surface area contributed by atoms with Crippen molar-refractivity contribution in [3.63, 3.8) is 0 Å². The quantitative estimate of drug-likeness (QED) is 0.494. The molecule has 2 aromatic heterocycles. The molecule has 1 saturated heterocycles. The molecule has 3 heterocycles. The van der Waals surface area contributed by atoms with E-state index in [2.05, 4.69) is 20.3 Å². The second-order valence-electron chi connectivity index (χ2n) is 6.13. The SMILES string of the molecule is COc1ccc(Nc2ncnc3c2ncn3[C@@H]2O[C@@H](CO)[C@@H](O)[C@@H]2O)cc1. The molecule has 3 aromatic rings. The topological polar surface area (TPSA) is 135 Å². The third-order valence-electron chi connectivity index (χ3n) is 4.50. The molecule has 0 amide bonds. The van der Waals surface area contributed by atoms with Crippen molar-refractivity contribution in [1.29, 1.82) is 0 Å². The molecule has 4 rings (SSSR count). The summed E-state index contributed by atoms with van der Waals surface area (Å²) in [5.41, 5.74) is 1.69. The number of nitrogens with one attached hydrogen (secondary N) is 1. The van der Waals surface area contributed by atoms with E-state index in [1.165, 1.54) is 17.2 Å². The molecule has 0 spiro atoms. The number of aliphatic hydroxyl groups is 3. The Bertz CT molecular complexity index is 931. The monoisotopic (exact) mass is 373 g/mol. The van der Waals surface area contributed by atoms with Gasteiger partial charge in [0.1, 0.15) is 30.4 Å². The molecule has 10 nitrogen and oxygen atoms in total. The Balaban J connectivity index is 1.65. The molecule has 1 aliphatic rings. The average Bonchev–Trinajstić information content (AvgIpc) is 3.25. The van der Waals surface area contributed by atoms with E-state index in [0.29, 0.717) is 17.0 Å². The maximum Gasteiger partial charge on any atom is 0.167 e. The number of rotatable bonds is 5. The number of methoxy groups -OCH3 is 1. The Morgan fingerprint density at radius 2 is 1.93 bits per heavy atom. The van der Waals surface area contributed by atoms with Gasteiger partial charge in [0.05, 0.1) is 20.0 Å². The number of nitrogens with zero attached hydrogens (tertiary/aromatic N) is 4. The highest BCUT2D eigenvalue weighted by molar-refractivity contribution is 5.85. The number of benzene rings is 1. The molecule has 27 heavy (non-hydrogen) atoms. The van der Waals surface area contributed by atoms with Crippen molar-refractivity contribution in [2.24, 2.45) is 0 Å². The van der Waals surface area contributed by atoms with Crippen LogP contribution in [0.2, 0.25) is 0 Å². The van der Waals surface area contributed by atoms with Crippen LogP contribution < -0.4 is 10.1 Å². The van der Waals surface area contributed by atoms with Crippen LogP contribution in [0.15, 0.2) is 36.9 Å². The summed E-state index contributed by atoms with van der Waals surface area (Å²) in [7, 11) is 1.60. The molecular formula is C17H19N5O5. The number of hydrogen-bond donors (Lipinski definition) is 4. The molecule has 4 atom stereocenters. The van der Waals surface area contributed by atoms with Gasteiger partial charge in [0.25, 0.3) is 0 Å². The van der Waals surface area contributed by atoms with E-state index in [1.807, 2.05) is 24.3 Å². The minimum Gasteiger partial charge on any atom is -0.497 e. The number of anilines is 2. The van der Waals surface area contributed by atoms with Crippen LogP contribution in [0.5, 0.6) is 5.75 Å². The van der Waals surface area contributed by atoms with E-state index in [0.717, 1.165) is 11.4 Å². The van der Waals surface area contributed by atoms with Crippen molar-refractivity contribution >= 4 is 22.7 Å². The molecule has 10 heteroatoms. The van der Waals surface area contributed by atoms with Crippen LogP contribution in [0.25, 0.3) is 11.2 Å². The number of ether oxygens (including phenoxy) is 2. The van der Waals surface area contributed by atoms with E-state index in [1.54, 1.807) is 7.11 Å². The summed E-state index contributed by atoms with van der Waals surface area (Å²) in [6.07, 6.45) is -1.37. The van der Waals surface area contributed by atoms with Gasteiger partial charge in [-0.3, -0.25) is 4.57 Å². The maximum absolute atomic E-state index is 10.2. The van der Waals surface area contributed by atoms with E-state index < -0.39 is 31.1 Å². The molecule has 1 aliphatic heterocycles. The van der Waals surface area contributed by atoms with Crippen molar-refractivity contribution in [2.45, 2.75) is 24.5 Å². The van der Waals surface area contributed by atoms with Crippen LogP contribution in [0.4, 0.5) is 11.5 Å². The smallest absolute Gasteiger partial charge is 0.167 e. The Hall–Kier alpha value is -2.79. The van der Waals surface area contributed by atoms with Crippen LogP contribution in [-0.2, 0) is 4.74 Å². The molecule has 1 fully saturated rings. The number of aliphatic hydroxyl groups excluding tert-OH is 3. The molecule has 0 radical (unpaired) electrons. The third-order valence-corrected chi connectivity index (χ3v) is 4.50. The zero-order valence-electron chi connectivity index (χ0n) is 14.4. The molecule has 0 bridgehead atoms. The molecule has 4 N–H and O–H groups in total. The highest BCUT2D eigenvalue weighted by Gasteiger charge is 2.44. The third kappa shape index (κ3) is 3.08. The molecule has 142 valence electrons. The first-order chi connectivity index (χ1) is 13.1. The Morgan fingerprint density at radius 1 is 1.15 bits per heavy atom. The summed E-state index contributed by atoms with van der Waals surface area (Å²) in [4.78, 5) is 12.8. The van der Waals surface area contributed by atoms with Gasteiger partial charge in [-0.05, 0) is 24.3 Å². The van der Waals surface area contributed by atoms with Crippen LogP contribution in [0.1, 0.15) is 6.23 Å². The van der Waals surface area contributed by atoms with Crippen LogP contribution in [0.3, 0.4) is 0 Å². The normalized spacial score (nSPS) is 25.0. The average molecular weight is 373 g/mol. The lowest BCUT2D eigenvalue weighted by Crippen LogP contribution is -2.33. The van der Waals surface area contributed by atoms with Gasteiger partial charge in [0.2, 0.25) is 0 Å². The summed E-state index contributed by atoms with van der Waals surface area (Å²) in [6.45, 7) is -0.402. The lowest BCUT2D eigenvalue weighted by Gasteiger charge is -2.16. The predicted octanol–water partition coefficient (Wildman–Crippen LogP) is 0.190. The van der Waals surface area contributed by atoms with Gasteiger partial charge >= 0.3 is 0 Å². The Kier molecular flexibility index (Phi) is 4.62. The van der Waals surface area contributed by atoms with E-state index >= 15 is 0 Å². The standard InChI is InChI=1S/C17H19N5O5/c1-26-10-4-2-9(3-5-10)21-15-12-16(19-7-18-15)22(8-20-12)17-14(25)13(24)11(6-23)27-17/h2-5,7-8,11,13-14,17,23-25H,6H2,1H3,(H,18,19,21)/t11-,13+,14-,17+/m0/s1. The number of fused-ring (bicyclic) bond motifs is 1. The highest BCUT2D eigenvalue weighted by Crippen LogP contribution is 2.32. The van der Waals surface area contributed by atoms with Gasteiger partial charge in [0.15, 0.2) is 23.2 Å². The molecule has 1 aromatic carbocycles. The summed E-state index contributed by atoms with van der Waals surface area (Å²) in [5.74, 6) is 1.22. The van der Waals surface area contributed by atoms with Gasteiger partial charge in [-0.25, -0.2) is 15.0 Å². The zero-order chi connectivity index (χ0) is 19.0. The van der Waals surface area contributed by atoms with Crippen LogP contribution >= 0.6 is 0 Å². The lowest BCUT2D eigenvalue weighted by atomic mass is 10.1. The van der Waals surface area contributed by atoms with Crippen molar-refractivity contribution in [1.82, 2.24) is 19.5 Å². The number of aromatic nitrogens is 4. The fourth-order valence-corrected chi connectivity index (χ4v) is 3.05. The minimum atomic E-state index is -1.22. The predicted molar refractivity (Wildman–Crippen MR) is 94.6 cm³/mol. The fourth-order valence-electron chi connectivity index (χ4n) is 3.05. The summed E-state index contributed by atoms with van der Waals surface area (Å²) < 4.78 is 12.2. The van der Waals surface area contributed by atoms with Crippen molar-refractivity contribution in [2.75, 3.05) is 19.0 Å². The van der Waals surface area contributed by atoms with Crippen molar-refractivity contribution in [3.05, 3.63) is 36.9 Å². The number of hydrogen-bond acceptors (Lipinski definition) is 9. The van der Waals surface area contributed by atoms with Crippen LogP contribution in [0, 0.1) is 0 Å². The van der Waals surface area contributed by atoms with Gasteiger partial charge in [-0.2, -0.15) is 0 Å². The second kappa shape index (κ2) is 7.08. The van der Waals surface area contributed by atoms with Crippen molar-refractivity contribution < 1.29 is 24.8 Å². The first kappa shape index (κ1) is 17.6. The summed E-state index contributed by atoms with van der Waals surface area (Å²) in [6, 6.07) is 7.32. The molecule has 0 aliphatic carbocycles. The van der Waals surface area contributed by atoms with E-state index in [9.17, 15) is 15.3 Å². The van der Waals surface area contributed by atoms with Gasteiger partial charge < -0.3 is 30.1 Å². The minimum absolute atomic E-state index is 0.402. The largest absolute Gasteiger partial charge is 0.497 e. The Morgan fingerprint density at radius 3 is 2.59 bits per heavy atom. The van der Waals surface area contributed by atoms with Gasteiger partial charge in [-0.1, -0.05) is 0 Å². The van der Waals surface area contributed by atoms with Gasteiger partial charge in [-0.15, -0.1) is 0 Å². The highest BCUT2D eigenvalue weighted by atomic mass is 16.6. The van der Waals surface area contributed by atoms with Crippen molar-refractivity contribution in [3.8, 4) is 5.75 Å². The zero-order valence-corrected chi connectivity index (χ0v) is 14.4. The number of imidazole rings is 1. The van der Waals surface area contributed by atoms with E-state index in [4.69, 9.17) is 9.47 Å². The Labute approximate surface area is 154 Å². The van der Waals surface area contributed by atoms with Gasteiger partial charge in [0, 0.05) is 5.69 Å². The molecular weight excluding hydrogens is 354 g/mol. The maximum atomic E-state index is 10.2. The first-order valence-electron chi connectivity index (χ1n) is 8.33. The summed E-state index contributed by atoms with van der Waals surface area (Å²) in [5, 5.41) is 32.6. The lowest BCUT2D eigenvalue weighted by molar-refractivity contribution is -0.0511. The first-order valence-corrected chi connectivity index (χ1v) is 8.33. The van der Waals surface area contributed by atoms with Crippen LogP contribution in [-0.4, -0.2) is 66.9 Å².